The Morgan fingerprint density at radius 1 is 1.09 bits per heavy atom. The fourth-order valence-corrected chi connectivity index (χ4v) is 3.94. The summed E-state index contributed by atoms with van der Waals surface area (Å²) in [5.41, 5.74) is 3.51. The van der Waals surface area contributed by atoms with E-state index in [-0.39, 0.29) is 5.60 Å². The van der Waals surface area contributed by atoms with E-state index in [0.717, 1.165) is 38.2 Å². The molecule has 1 spiro atoms. The molecule has 3 nitrogen and oxygen atoms in total. The fraction of sp³-hybridized carbons (Fsp3) is 0.353. The first kappa shape index (κ1) is 14.3. The van der Waals surface area contributed by atoms with Crippen LogP contribution in [0.5, 0.6) is 0 Å². The second kappa shape index (κ2) is 5.41. The smallest absolute Gasteiger partial charge is 0.149 e. The summed E-state index contributed by atoms with van der Waals surface area (Å²) in [5, 5.41) is 0.898. The Bertz CT molecular complexity index is 712. The summed E-state index contributed by atoms with van der Waals surface area (Å²) in [6.45, 7) is 2.51. The van der Waals surface area contributed by atoms with Gasteiger partial charge in [-0.25, -0.2) is 4.98 Å². The zero-order valence-electron chi connectivity index (χ0n) is 12.1. The summed E-state index contributed by atoms with van der Waals surface area (Å²) in [6.07, 6.45) is 3.62. The standard InChI is InChI=1S/C17H16Cl2N2O/c18-15-14(5-8-20-16(15)19)21-9-6-17(7-10-21)13-4-2-1-3-12(13)11-22-17/h1-5,8H,6-7,9-11H2. The molecular weight excluding hydrogens is 319 g/mol. The van der Waals surface area contributed by atoms with Crippen molar-refractivity contribution in [2.45, 2.75) is 25.0 Å². The van der Waals surface area contributed by atoms with Crippen LogP contribution in [0.3, 0.4) is 0 Å². The molecule has 1 aromatic heterocycles. The average molecular weight is 335 g/mol. The van der Waals surface area contributed by atoms with E-state index in [2.05, 4.69) is 34.1 Å². The number of benzene rings is 1. The van der Waals surface area contributed by atoms with Gasteiger partial charge in [0.05, 0.1) is 17.9 Å². The van der Waals surface area contributed by atoms with Crippen LogP contribution in [0, 0.1) is 0 Å². The molecule has 0 amide bonds. The van der Waals surface area contributed by atoms with Crippen molar-refractivity contribution in [3.8, 4) is 0 Å². The quantitative estimate of drug-likeness (QED) is 0.722. The maximum Gasteiger partial charge on any atom is 0.149 e. The number of rotatable bonds is 1. The molecule has 1 fully saturated rings. The Kier molecular flexibility index (Phi) is 3.52. The summed E-state index contributed by atoms with van der Waals surface area (Å²) >= 11 is 12.3. The van der Waals surface area contributed by atoms with Gasteiger partial charge in [-0.3, -0.25) is 0 Å². The summed E-state index contributed by atoms with van der Waals surface area (Å²) in [7, 11) is 0. The van der Waals surface area contributed by atoms with Gasteiger partial charge in [-0.15, -0.1) is 0 Å². The Balaban J connectivity index is 1.58. The average Bonchev–Trinajstić information content (AvgIpc) is 2.90. The third kappa shape index (κ3) is 2.19. The SMILES string of the molecule is Clc1nccc(N2CCC3(CC2)OCc2ccccc23)c1Cl. The molecular formula is C17H16Cl2N2O. The van der Waals surface area contributed by atoms with Gasteiger partial charge in [0.15, 0.2) is 0 Å². The zero-order valence-corrected chi connectivity index (χ0v) is 13.6. The number of fused-ring (bicyclic) bond motifs is 2. The van der Waals surface area contributed by atoms with Gasteiger partial charge in [-0.05, 0) is 30.0 Å². The lowest BCUT2D eigenvalue weighted by Crippen LogP contribution is -2.42. The molecule has 0 atom stereocenters. The molecule has 4 rings (SSSR count). The van der Waals surface area contributed by atoms with E-state index in [1.807, 2.05) is 6.07 Å². The topological polar surface area (TPSA) is 25.4 Å². The van der Waals surface area contributed by atoms with Crippen LogP contribution >= 0.6 is 23.2 Å². The van der Waals surface area contributed by atoms with Gasteiger partial charge in [-0.2, -0.15) is 0 Å². The number of anilines is 1. The van der Waals surface area contributed by atoms with Crippen LogP contribution in [0.4, 0.5) is 5.69 Å². The molecule has 22 heavy (non-hydrogen) atoms. The molecule has 0 radical (unpaired) electrons. The maximum atomic E-state index is 6.29. The molecule has 2 aliphatic heterocycles. The van der Waals surface area contributed by atoms with Crippen molar-refractivity contribution in [2.24, 2.45) is 0 Å². The second-order valence-corrected chi connectivity index (χ2v) is 6.60. The molecule has 0 unspecified atom stereocenters. The van der Waals surface area contributed by atoms with Crippen molar-refractivity contribution in [1.82, 2.24) is 4.98 Å². The van der Waals surface area contributed by atoms with Gasteiger partial charge in [0, 0.05) is 19.3 Å². The molecule has 2 aromatic rings. The number of aromatic nitrogens is 1. The molecule has 1 saturated heterocycles. The number of hydrogen-bond donors (Lipinski definition) is 0. The molecule has 1 aromatic carbocycles. The number of halogens is 2. The van der Waals surface area contributed by atoms with E-state index in [1.165, 1.54) is 11.1 Å². The molecule has 0 aliphatic carbocycles. The summed E-state index contributed by atoms with van der Waals surface area (Å²) in [4.78, 5) is 6.29. The molecule has 114 valence electrons. The Morgan fingerprint density at radius 2 is 1.86 bits per heavy atom. The number of pyridine rings is 1. The van der Waals surface area contributed by atoms with Crippen LogP contribution in [-0.4, -0.2) is 18.1 Å². The third-order valence-corrected chi connectivity index (χ3v) is 5.51. The predicted molar refractivity (Wildman–Crippen MR) is 88.6 cm³/mol. The van der Waals surface area contributed by atoms with Gasteiger partial charge in [0.1, 0.15) is 10.2 Å². The highest BCUT2D eigenvalue weighted by Crippen LogP contribution is 2.45. The number of nitrogens with zero attached hydrogens (tertiary/aromatic N) is 2. The monoisotopic (exact) mass is 334 g/mol. The van der Waals surface area contributed by atoms with Crippen LogP contribution < -0.4 is 4.90 Å². The lowest BCUT2D eigenvalue weighted by Gasteiger charge is -2.40. The van der Waals surface area contributed by atoms with Crippen LogP contribution in [0.25, 0.3) is 0 Å². The first-order chi connectivity index (χ1) is 10.7. The van der Waals surface area contributed by atoms with Crippen LogP contribution in [-0.2, 0) is 16.9 Å². The van der Waals surface area contributed by atoms with E-state index in [1.54, 1.807) is 6.20 Å². The Morgan fingerprint density at radius 3 is 2.68 bits per heavy atom. The second-order valence-electron chi connectivity index (χ2n) is 5.86. The van der Waals surface area contributed by atoms with E-state index in [9.17, 15) is 0 Å². The lowest BCUT2D eigenvalue weighted by atomic mass is 9.83. The largest absolute Gasteiger partial charge is 0.370 e. The number of piperidine rings is 1. The van der Waals surface area contributed by atoms with Crippen molar-refractivity contribution >= 4 is 28.9 Å². The Labute approximate surface area is 139 Å². The highest BCUT2D eigenvalue weighted by atomic mass is 35.5. The maximum absolute atomic E-state index is 6.29. The van der Waals surface area contributed by atoms with Gasteiger partial charge in [-0.1, -0.05) is 47.5 Å². The normalized spacial score (nSPS) is 19.5. The fourth-order valence-electron chi connectivity index (χ4n) is 3.56. The van der Waals surface area contributed by atoms with Crippen molar-refractivity contribution in [2.75, 3.05) is 18.0 Å². The van der Waals surface area contributed by atoms with E-state index < -0.39 is 0 Å². The molecule has 3 heterocycles. The van der Waals surface area contributed by atoms with Crippen LogP contribution in [0.15, 0.2) is 36.5 Å². The van der Waals surface area contributed by atoms with Crippen molar-refractivity contribution in [1.29, 1.82) is 0 Å². The van der Waals surface area contributed by atoms with Crippen molar-refractivity contribution < 1.29 is 4.74 Å². The summed E-state index contributed by atoms with van der Waals surface area (Å²) in [5.74, 6) is 0. The van der Waals surface area contributed by atoms with E-state index in [0.29, 0.717) is 10.2 Å². The first-order valence-corrected chi connectivity index (χ1v) is 8.22. The minimum Gasteiger partial charge on any atom is -0.370 e. The third-order valence-electron chi connectivity index (χ3n) is 4.75. The molecule has 0 saturated carbocycles. The lowest BCUT2D eigenvalue weighted by molar-refractivity contribution is -0.0551. The van der Waals surface area contributed by atoms with Crippen LogP contribution in [0.1, 0.15) is 24.0 Å². The number of hydrogen-bond acceptors (Lipinski definition) is 3. The van der Waals surface area contributed by atoms with Gasteiger partial charge >= 0.3 is 0 Å². The van der Waals surface area contributed by atoms with Crippen LogP contribution in [0.2, 0.25) is 10.2 Å². The van der Waals surface area contributed by atoms with E-state index >= 15 is 0 Å². The first-order valence-electron chi connectivity index (χ1n) is 7.47. The minimum absolute atomic E-state index is 0.129. The summed E-state index contributed by atoms with van der Waals surface area (Å²) < 4.78 is 6.19. The van der Waals surface area contributed by atoms with Crippen molar-refractivity contribution in [3.63, 3.8) is 0 Å². The predicted octanol–water partition coefficient (Wildman–Crippen LogP) is 4.41. The molecule has 2 aliphatic rings. The molecule has 5 heteroatoms. The Hall–Kier alpha value is -1.29. The van der Waals surface area contributed by atoms with Gasteiger partial charge in [0.25, 0.3) is 0 Å². The zero-order chi connectivity index (χ0) is 15.2. The van der Waals surface area contributed by atoms with E-state index in [4.69, 9.17) is 27.9 Å². The number of ether oxygens (including phenoxy) is 1. The van der Waals surface area contributed by atoms with Crippen molar-refractivity contribution in [3.05, 3.63) is 57.8 Å². The highest BCUT2D eigenvalue weighted by Gasteiger charge is 2.42. The van der Waals surface area contributed by atoms with Gasteiger partial charge < -0.3 is 9.64 Å². The molecule has 0 N–H and O–H groups in total. The molecule has 0 bridgehead atoms. The highest BCUT2D eigenvalue weighted by molar-refractivity contribution is 6.42. The summed E-state index contributed by atoms with van der Waals surface area (Å²) in [6, 6.07) is 10.5. The minimum atomic E-state index is -0.129. The van der Waals surface area contributed by atoms with Gasteiger partial charge in [0.2, 0.25) is 0 Å².